The number of carbonyl (C=O) groups is 2. The smallest absolute Gasteiger partial charge is 0.295 e. The van der Waals surface area contributed by atoms with Crippen LogP contribution in [0.25, 0.3) is 5.76 Å². The summed E-state index contributed by atoms with van der Waals surface area (Å²) < 4.78 is 11.7. The number of carbonyl (C=O) groups excluding carboxylic acids is 2. The molecule has 184 valence electrons. The van der Waals surface area contributed by atoms with Crippen LogP contribution in [0.2, 0.25) is 0 Å². The molecule has 2 aliphatic heterocycles. The fraction of sp³-hybridized carbons (Fsp3) is 0.276. The number of ether oxygens (including phenoxy) is 2. The zero-order valence-corrected chi connectivity index (χ0v) is 20.1. The van der Waals surface area contributed by atoms with Crippen molar-refractivity contribution in [3.8, 4) is 5.75 Å². The molecular formula is C29H28N2O5. The van der Waals surface area contributed by atoms with Gasteiger partial charge in [0, 0.05) is 31.1 Å². The Morgan fingerprint density at radius 2 is 1.89 bits per heavy atom. The van der Waals surface area contributed by atoms with Crippen LogP contribution in [-0.4, -0.2) is 45.9 Å². The van der Waals surface area contributed by atoms with Gasteiger partial charge in [-0.05, 0) is 66.8 Å². The third kappa shape index (κ3) is 4.75. The van der Waals surface area contributed by atoms with Crippen LogP contribution in [0.3, 0.4) is 0 Å². The lowest BCUT2D eigenvalue weighted by atomic mass is 9.95. The molecule has 0 spiro atoms. The minimum Gasteiger partial charge on any atom is -0.507 e. The molecule has 0 saturated carbocycles. The molecule has 1 aromatic heterocycles. The quantitative estimate of drug-likeness (QED) is 0.300. The molecule has 5 rings (SSSR count). The van der Waals surface area contributed by atoms with Gasteiger partial charge in [0.25, 0.3) is 11.7 Å². The Hall–Kier alpha value is -3.97. The van der Waals surface area contributed by atoms with Gasteiger partial charge in [-0.1, -0.05) is 30.3 Å². The van der Waals surface area contributed by atoms with Crippen molar-refractivity contribution in [2.75, 3.05) is 13.2 Å². The predicted molar refractivity (Wildman–Crippen MR) is 134 cm³/mol. The van der Waals surface area contributed by atoms with Gasteiger partial charge in [-0.3, -0.25) is 14.6 Å². The monoisotopic (exact) mass is 484 g/mol. The van der Waals surface area contributed by atoms with Crippen molar-refractivity contribution in [1.82, 2.24) is 9.88 Å². The number of nitrogens with zero attached hydrogens (tertiary/aromatic N) is 2. The number of likely N-dealkylation sites (tertiary alicyclic amines) is 1. The first-order chi connectivity index (χ1) is 17.5. The Balaban J connectivity index is 1.47. The van der Waals surface area contributed by atoms with Gasteiger partial charge < -0.3 is 19.5 Å². The fourth-order valence-electron chi connectivity index (χ4n) is 4.82. The lowest BCUT2D eigenvalue weighted by Crippen LogP contribution is -2.36. The number of aliphatic hydroxyl groups excluding tert-OH is 1. The number of hydrogen-bond donors (Lipinski definition) is 1. The number of amides is 1. The molecule has 7 heteroatoms. The van der Waals surface area contributed by atoms with E-state index in [4.69, 9.17) is 9.47 Å². The van der Waals surface area contributed by atoms with Crippen molar-refractivity contribution >= 4 is 17.4 Å². The van der Waals surface area contributed by atoms with E-state index >= 15 is 0 Å². The van der Waals surface area contributed by atoms with Crippen LogP contribution in [0.5, 0.6) is 5.75 Å². The molecule has 2 saturated heterocycles. The number of Topliss-reactive ketones (excluding diaryl/α,β-unsaturated/α-hetero) is 1. The van der Waals surface area contributed by atoms with Gasteiger partial charge in [0.05, 0.1) is 17.7 Å². The zero-order valence-electron chi connectivity index (χ0n) is 20.1. The van der Waals surface area contributed by atoms with E-state index in [-0.39, 0.29) is 17.4 Å². The first kappa shape index (κ1) is 23.8. The van der Waals surface area contributed by atoms with E-state index in [1.54, 1.807) is 42.7 Å². The van der Waals surface area contributed by atoms with Gasteiger partial charge in [0.1, 0.15) is 18.1 Å². The van der Waals surface area contributed by atoms with E-state index in [2.05, 4.69) is 4.98 Å². The van der Waals surface area contributed by atoms with Crippen LogP contribution in [0.15, 0.2) is 78.6 Å². The lowest BCUT2D eigenvalue weighted by Gasteiger charge is -2.27. The fourth-order valence-corrected chi connectivity index (χ4v) is 4.82. The Morgan fingerprint density at radius 3 is 2.58 bits per heavy atom. The van der Waals surface area contributed by atoms with Crippen molar-refractivity contribution in [2.24, 2.45) is 0 Å². The number of aliphatic hydroxyl groups is 1. The normalized spacial score (nSPS) is 21.2. The van der Waals surface area contributed by atoms with Crippen LogP contribution in [0, 0.1) is 6.92 Å². The molecule has 1 amide bonds. The predicted octanol–water partition coefficient (Wildman–Crippen LogP) is 4.57. The summed E-state index contributed by atoms with van der Waals surface area (Å²) in [5.74, 6) is -0.856. The molecule has 1 N–H and O–H groups in total. The van der Waals surface area contributed by atoms with E-state index in [1.165, 1.54) is 4.90 Å². The highest BCUT2D eigenvalue weighted by Gasteiger charge is 2.47. The number of aryl methyl sites for hydroxylation is 1. The number of rotatable bonds is 7. The minimum absolute atomic E-state index is 0.0709. The maximum absolute atomic E-state index is 13.2. The zero-order chi connectivity index (χ0) is 25.1. The Morgan fingerprint density at radius 1 is 1.11 bits per heavy atom. The molecule has 7 nitrogen and oxygen atoms in total. The van der Waals surface area contributed by atoms with Crippen LogP contribution in [0.4, 0.5) is 0 Å². The first-order valence-electron chi connectivity index (χ1n) is 12.1. The Bertz CT molecular complexity index is 1280. The van der Waals surface area contributed by atoms with E-state index in [0.717, 1.165) is 24.0 Å². The standard InChI is InChI=1S/C29H28N2O5/c1-19-16-22(9-10-24(19)36-18-20-6-3-2-4-7-20)27(32)25-26(21-11-13-30-14-12-21)31(29(34)28(25)33)17-23-8-5-15-35-23/h2-4,6-7,9-14,16,23,26,32H,5,8,15,17-18H2,1H3/b27-25+. The van der Waals surface area contributed by atoms with Crippen molar-refractivity contribution in [2.45, 2.75) is 38.5 Å². The van der Waals surface area contributed by atoms with E-state index in [0.29, 0.717) is 36.6 Å². The summed E-state index contributed by atoms with van der Waals surface area (Å²) in [6, 6.07) is 17.9. The molecule has 0 radical (unpaired) electrons. The second kappa shape index (κ2) is 10.3. The van der Waals surface area contributed by atoms with Gasteiger partial charge in [-0.2, -0.15) is 0 Å². The van der Waals surface area contributed by atoms with Crippen LogP contribution in [-0.2, 0) is 20.9 Å². The summed E-state index contributed by atoms with van der Waals surface area (Å²) in [6.07, 6.45) is 4.85. The van der Waals surface area contributed by atoms with Gasteiger partial charge in [-0.25, -0.2) is 0 Å². The van der Waals surface area contributed by atoms with Crippen molar-refractivity contribution in [1.29, 1.82) is 0 Å². The van der Waals surface area contributed by atoms with Crippen molar-refractivity contribution in [3.63, 3.8) is 0 Å². The average molecular weight is 485 g/mol. The van der Waals surface area contributed by atoms with E-state index in [9.17, 15) is 14.7 Å². The molecule has 0 bridgehead atoms. The molecule has 2 atom stereocenters. The average Bonchev–Trinajstić information content (AvgIpc) is 3.51. The molecule has 2 unspecified atom stereocenters. The molecule has 3 aromatic rings. The Kier molecular flexibility index (Phi) is 6.82. The van der Waals surface area contributed by atoms with Gasteiger partial charge >= 0.3 is 0 Å². The number of hydrogen-bond acceptors (Lipinski definition) is 6. The third-order valence-corrected chi connectivity index (χ3v) is 6.67. The van der Waals surface area contributed by atoms with Crippen LogP contribution < -0.4 is 4.74 Å². The molecule has 0 aliphatic carbocycles. The third-order valence-electron chi connectivity index (χ3n) is 6.67. The van der Waals surface area contributed by atoms with E-state index in [1.807, 2.05) is 37.3 Å². The first-order valence-corrected chi connectivity index (χ1v) is 12.1. The highest BCUT2D eigenvalue weighted by atomic mass is 16.5. The van der Waals surface area contributed by atoms with Crippen LogP contribution >= 0.6 is 0 Å². The molecule has 3 heterocycles. The topological polar surface area (TPSA) is 89.0 Å². The Labute approximate surface area is 210 Å². The highest BCUT2D eigenvalue weighted by molar-refractivity contribution is 6.46. The second-order valence-electron chi connectivity index (χ2n) is 9.12. The maximum Gasteiger partial charge on any atom is 0.295 e. The van der Waals surface area contributed by atoms with Gasteiger partial charge in [0.15, 0.2) is 0 Å². The number of benzene rings is 2. The molecule has 36 heavy (non-hydrogen) atoms. The number of aromatic nitrogens is 1. The van der Waals surface area contributed by atoms with Crippen molar-refractivity contribution < 1.29 is 24.2 Å². The largest absolute Gasteiger partial charge is 0.507 e. The molecule has 2 fully saturated rings. The van der Waals surface area contributed by atoms with Gasteiger partial charge in [-0.15, -0.1) is 0 Å². The summed E-state index contributed by atoms with van der Waals surface area (Å²) in [6.45, 7) is 3.24. The summed E-state index contributed by atoms with van der Waals surface area (Å²) in [7, 11) is 0. The van der Waals surface area contributed by atoms with Crippen molar-refractivity contribution in [3.05, 3.63) is 101 Å². The lowest BCUT2D eigenvalue weighted by molar-refractivity contribution is -0.140. The summed E-state index contributed by atoms with van der Waals surface area (Å²) in [5, 5.41) is 11.3. The second-order valence-corrected chi connectivity index (χ2v) is 9.12. The molecule has 2 aliphatic rings. The molecule has 2 aromatic carbocycles. The number of pyridine rings is 1. The minimum atomic E-state index is -0.716. The SMILES string of the molecule is Cc1cc(/C(O)=C2\C(=O)C(=O)N(CC3CCCO3)C2c2ccncc2)ccc1OCc1ccccc1. The maximum atomic E-state index is 13.2. The summed E-state index contributed by atoms with van der Waals surface area (Å²) >= 11 is 0. The highest BCUT2D eigenvalue weighted by Crippen LogP contribution is 2.40. The van der Waals surface area contributed by atoms with Crippen LogP contribution in [0.1, 0.15) is 41.1 Å². The van der Waals surface area contributed by atoms with E-state index < -0.39 is 17.7 Å². The number of ketones is 1. The summed E-state index contributed by atoms with van der Waals surface area (Å²) in [4.78, 5) is 31.9. The van der Waals surface area contributed by atoms with Gasteiger partial charge in [0.2, 0.25) is 0 Å². The molecular weight excluding hydrogens is 456 g/mol. The summed E-state index contributed by atoms with van der Waals surface area (Å²) in [5.41, 5.74) is 3.09.